The van der Waals surface area contributed by atoms with Crippen molar-refractivity contribution in [2.24, 2.45) is 0 Å². The zero-order chi connectivity index (χ0) is 13.6. The SMILES string of the molecule is CCCC(CO[SiH3])(c1ccccc1)c1ccccc1. The van der Waals surface area contributed by atoms with Crippen molar-refractivity contribution >= 4 is 10.5 Å². The Morgan fingerprint density at radius 3 is 1.74 bits per heavy atom. The van der Waals surface area contributed by atoms with Gasteiger partial charge in [0, 0.05) is 12.0 Å². The Morgan fingerprint density at radius 1 is 0.895 bits per heavy atom. The second-order valence-corrected chi connectivity index (χ2v) is 5.57. The van der Waals surface area contributed by atoms with Gasteiger partial charge in [0.2, 0.25) is 0 Å². The van der Waals surface area contributed by atoms with Crippen LogP contribution in [-0.4, -0.2) is 17.1 Å². The molecule has 2 heteroatoms. The molecule has 2 aromatic rings. The molecule has 0 radical (unpaired) electrons. The van der Waals surface area contributed by atoms with Gasteiger partial charge in [0.15, 0.2) is 0 Å². The molecule has 0 heterocycles. The Labute approximate surface area is 119 Å². The summed E-state index contributed by atoms with van der Waals surface area (Å²) in [5, 5.41) is 0. The van der Waals surface area contributed by atoms with Crippen molar-refractivity contribution in [2.45, 2.75) is 25.2 Å². The molecular weight excluding hydrogens is 248 g/mol. The summed E-state index contributed by atoms with van der Waals surface area (Å²) in [5.41, 5.74) is 2.72. The van der Waals surface area contributed by atoms with E-state index in [0.29, 0.717) is 0 Å². The minimum atomic E-state index is -0.000972. The van der Waals surface area contributed by atoms with E-state index in [1.807, 2.05) is 0 Å². The topological polar surface area (TPSA) is 9.23 Å². The van der Waals surface area contributed by atoms with E-state index in [9.17, 15) is 0 Å². The zero-order valence-electron chi connectivity index (χ0n) is 11.8. The molecule has 0 spiro atoms. The van der Waals surface area contributed by atoms with Gasteiger partial charge in [0.1, 0.15) is 10.5 Å². The summed E-state index contributed by atoms with van der Waals surface area (Å²) in [6.07, 6.45) is 2.26. The van der Waals surface area contributed by atoms with Gasteiger partial charge in [-0.3, -0.25) is 0 Å². The predicted molar refractivity (Wildman–Crippen MR) is 84.5 cm³/mol. The fourth-order valence-electron chi connectivity index (χ4n) is 2.88. The van der Waals surface area contributed by atoms with E-state index >= 15 is 0 Å². The van der Waals surface area contributed by atoms with Crippen LogP contribution < -0.4 is 0 Å². The molecule has 0 aromatic heterocycles. The van der Waals surface area contributed by atoms with Crippen LogP contribution in [0.3, 0.4) is 0 Å². The second-order valence-electron chi connectivity index (χ2n) is 5.00. The third-order valence-electron chi connectivity index (χ3n) is 3.72. The average Bonchev–Trinajstić information content (AvgIpc) is 2.49. The van der Waals surface area contributed by atoms with Gasteiger partial charge in [-0.2, -0.15) is 0 Å². The van der Waals surface area contributed by atoms with E-state index in [-0.39, 0.29) is 5.41 Å². The van der Waals surface area contributed by atoms with Crippen molar-refractivity contribution in [1.82, 2.24) is 0 Å². The lowest BCUT2D eigenvalue weighted by Crippen LogP contribution is -2.33. The van der Waals surface area contributed by atoms with Gasteiger partial charge in [-0.1, -0.05) is 74.0 Å². The molecule has 19 heavy (non-hydrogen) atoms. The van der Waals surface area contributed by atoms with Crippen LogP contribution >= 0.6 is 0 Å². The van der Waals surface area contributed by atoms with Crippen LogP contribution in [0.5, 0.6) is 0 Å². The van der Waals surface area contributed by atoms with Gasteiger partial charge in [0.05, 0.1) is 0 Å². The van der Waals surface area contributed by atoms with Crippen LogP contribution in [0.15, 0.2) is 60.7 Å². The summed E-state index contributed by atoms with van der Waals surface area (Å²) in [6.45, 7) is 3.02. The minimum absolute atomic E-state index is 0.000972. The molecule has 2 rings (SSSR count). The number of rotatable bonds is 6. The summed E-state index contributed by atoms with van der Waals surface area (Å²) in [6, 6.07) is 21.5. The van der Waals surface area contributed by atoms with E-state index < -0.39 is 0 Å². The van der Waals surface area contributed by atoms with Crippen LogP contribution in [-0.2, 0) is 9.84 Å². The molecular formula is C17H22OSi. The Hall–Kier alpha value is -1.38. The van der Waals surface area contributed by atoms with Crippen LogP contribution in [0.4, 0.5) is 0 Å². The fraction of sp³-hybridized carbons (Fsp3) is 0.294. The quantitative estimate of drug-likeness (QED) is 0.733. The van der Waals surface area contributed by atoms with Gasteiger partial charge in [-0.25, -0.2) is 0 Å². The molecule has 0 N–H and O–H groups in total. The maximum Gasteiger partial charge on any atom is 0.146 e. The van der Waals surface area contributed by atoms with Gasteiger partial charge >= 0.3 is 0 Å². The van der Waals surface area contributed by atoms with E-state index in [2.05, 4.69) is 67.6 Å². The molecule has 100 valence electrons. The molecule has 0 bridgehead atoms. The average molecular weight is 270 g/mol. The number of hydrogen-bond acceptors (Lipinski definition) is 1. The van der Waals surface area contributed by atoms with Gasteiger partial charge < -0.3 is 4.43 Å². The first-order valence-corrected chi connectivity index (χ1v) is 7.75. The lowest BCUT2D eigenvalue weighted by Gasteiger charge is -2.34. The molecule has 2 aromatic carbocycles. The summed E-state index contributed by atoms with van der Waals surface area (Å²) in [7, 11) is 0.779. The Bertz CT molecular complexity index is 434. The molecule has 0 saturated carbocycles. The largest absolute Gasteiger partial charge is 0.427 e. The second kappa shape index (κ2) is 6.69. The molecule has 0 aliphatic rings. The Morgan fingerprint density at radius 2 is 1.37 bits per heavy atom. The van der Waals surface area contributed by atoms with Gasteiger partial charge in [-0.15, -0.1) is 0 Å². The Balaban J connectivity index is 2.54. The first-order valence-electron chi connectivity index (χ1n) is 6.93. The van der Waals surface area contributed by atoms with Gasteiger partial charge in [0.25, 0.3) is 0 Å². The predicted octanol–water partition coefficient (Wildman–Crippen LogP) is 3.07. The molecule has 0 fully saturated rings. The smallest absolute Gasteiger partial charge is 0.146 e. The van der Waals surface area contributed by atoms with Crippen molar-refractivity contribution < 1.29 is 4.43 Å². The normalized spacial score (nSPS) is 11.6. The third kappa shape index (κ3) is 2.96. The van der Waals surface area contributed by atoms with E-state index in [4.69, 9.17) is 4.43 Å². The molecule has 1 nitrogen and oxygen atoms in total. The van der Waals surface area contributed by atoms with Crippen LogP contribution in [0.2, 0.25) is 0 Å². The van der Waals surface area contributed by atoms with E-state index in [1.165, 1.54) is 11.1 Å². The van der Waals surface area contributed by atoms with Crippen molar-refractivity contribution in [2.75, 3.05) is 6.61 Å². The Kier molecular flexibility index (Phi) is 4.94. The molecule has 0 aliphatic heterocycles. The van der Waals surface area contributed by atoms with Crippen molar-refractivity contribution in [3.05, 3.63) is 71.8 Å². The van der Waals surface area contributed by atoms with Crippen molar-refractivity contribution in [3.63, 3.8) is 0 Å². The molecule has 0 unspecified atom stereocenters. The third-order valence-corrected chi connectivity index (χ3v) is 4.01. The van der Waals surface area contributed by atoms with Crippen molar-refractivity contribution in [1.29, 1.82) is 0 Å². The summed E-state index contributed by atoms with van der Waals surface area (Å²) >= 11 is 0. The van der Waals surface area contributed by atoms with Crippen LogP contribution in [0, 0.1) is 0 Å². The highest BCUT2D eigenvalue weighted by atomic mass is 28.2. The highest BCUT2D eigenvalue weighted by Crippen LogP contribution is 2.36. The molecule has 0 saturated heterocycles. The molecule has 0 amide bonds. The van der Waals surface area contributed by atoms with Crippen LogP contribution in [0.25, 0.3) is 0 Å². The highest BCUT2D eigenvalue weighted by molar-refractivity contribution is 5.98. The summed E-state index contributed by atoms with van der Waals surface area (Å²) in [5.74, 6) is 0. The van der Waals surface area contributed by atoms with E-state index in [1.54, 1.807) is 0 Å². The van der Waals surface area contributed by atoms with E-state index in [0.717, 1.165) is 29.9 Å². The number of benzene rings is 2. The summed E-state index contributed by atoms with van der Waals surface area (Å²) < 4.78 is 5.71. The minimum Gasteiger partial charge on any atom is -0.427 e. The lowest BCUT2D eigenvalue weighted by atomic mass is 9.72. The first kappa shape index (κ1) is 14.0. The number of hydrogen-bond donors (Lipinski definition) is 0. The maximum absolute atomic E-state index is 5.71. The monoisotopic (exact) mass is 270 g/mol. The fourth-order valence-corrected chi connectivity index (χ4v) is 3.37. The lowest BCUT2D eigenvalue weighted by molar-refractivity contribution is 0.249. The summed E-state index contributed by atoms with van der Waals surface area (Å²) in [4.78, 5) is 0. The maximum atomic E-state index is 5.71. The first-order chi connectivity index (χ1) is 9.33. The van der Waals surface area contributed by atoms with Gasteiger partial charge in [-0.05, 0) is 17.5 Å². The zero-order valence-corrected chi connectivity index (χ0v) is 13.8. The van der Waals surface area contributed by atoms with Crippen LogP contribution in [0.1, 0.15) is 30.9 Å². The molecule has 0 atom stereocenters. The molecule has 0 aliphatic carbocycles. The van der Waals surface area contributed by atoms with Crippen molar-refractivity contribution in [3.8, 4) is 0 Å². The standard InChI is InChI=1S/C17H22OSi/c1-2-13-17(14-18-19,15-9-5-3-6-10-15)16-11-7-4-8-12-16/h3-12H,2,13-14H2,1,19H3. The highest BCUT2D eigenvalue weighted by Gasteiger charge is 2.32.